The van der Waals surface area contributed by atoms with Gasteiger partial charge in [-0.1, -0.05) is 6.07 Å². The van der Waals surface area contributed by atoms with Crippen LogP contribution >= 0.6 is 11.3 Å². The van der Waals surface area contributed by atoms with Crippen LogP contribution in [0.2, 0.25) is 0 Å². The predicted octanol–water partition coefficient (Wildman–Crippen LogP) is 3.38. The van der Waals surface area contributed by atoms with Crippen molar-refractivity contribution in [3.05, 3.63) is 46.2 Å². The minimum absolute atomic E-state index is 0.227. The predicted molar refractivity (Wildman–Crippen MR) is 71.9 cm³/mol. The summed E-state index contributed by atoms with van der Waals surface area (Å²) in [5, 5.41) is 14.3. The van der Waals surface area contributed by atoms with E-state index in [1.54, 1.807) is 23.5 Å². The highest BCUT2D eigenvalue weighted by atomic mass is 32.1. The van der Waals surface area contributed by atoms with Crippen LogP contribution in [-0.4, -0.2) is 0 Å². The molecule has 0 saturated heterocycles. The summed E-state index contributed by atoms with van der Waals surface area (Å²) in [6.45, 7) is 2.09. The van der Waals surface area contributed by atoms with Gasteiger partial charge in [0.1, 0.15) is 6.07 Å². The lowest BCUT2D eigenvalue weighted by molar-refractivity contribution is 0.908. The highest BCUT2D eigenvalue weighted by molar-refractivity contribution is 7.10. The van der Waals surface area contributed by atoms with Crippen LogP contribution in [0.1, 0.15) is 23.4 Å². The average molecular weight is 243 g/mol. The molecule has 1 aromatic heterocycles. The molecule has 0 fully saturated rings. The second kappa shape index (κ2) is 4.89. The monoisotopic (exact) mass is 243 g/mol. The van der Waals surface area contributed by atoms with E-state index in [4.69, 9.17) is 11.0 Å². The van der Waals surface area contributed by atoms with E-state index in [2.05, 4.69) is 29.8 Å². The smallest absolute Gasteiger partial charge is 0.101 e. The molecule has 0 amide bonds. The molecule has 0 bridgehead atoms. The Morgan fingerprint density at radius 2 is 2.24 bits per heavy atom. The zero-order chi connectivity index (χ0) is 12.3. The number of hydrogen-bond acceptors (Lipinski definition) is 4. The van der Waals surface area contributed by atoms with Gasteiger partial charge in [-0.05, 0) is 36.6 Å². The fourth-order valence-electron chi connectivity index (χ4n) is 1.60. The topological polar surface area (TPSA) is 61.8 Å². The largest absolute Gasteiger partial charge is 0.398 e. The van der Waals surface area contributed by atoms with Gasteiger partial charge in [0.25, 0.3) is 0 Å². The van der Waals surface area contributed by atoms with Crippen LogP contribution in [0.15, 0.2) is 35.7 Å². The van der Waals surface area contributed by atoms with Gasteiger partial charge in [0.15, 0.2) is 0 Å². The first-order chi connectivity index (χ1) is 8.20. The van der Waals surface area contributed by atoms with Crippen LogP contribution in [0.3, 0.4) is 0 Å². The van der Waals surface area contributed by atoms with Crippen LogP contribution in [0, 0.1) is 11.3 Å². The fourth-order valence-corrected chi connectivity index (χ4v) is 2.34. The molecular weight excluding hydrogens is 230 g/mol. The van der Waals surface area contributed by atoms with E-state index in [9.17, 15) is 0 Å². The van der Waals surface area contributed by atoms with Gasteiger partial charge in [0, 0.05) is 16.3 Å². The summed E-state index contributed by atoms with van der Waals surface area (Å²) in [4.78, 5) is 1.26. The van der Waals surface area contributed by atoms with Crippen molar-refractivity contribution in [1.82, 2.24) is 0 Å². The number of nitrogen functional groups attached to an aromatic ring is 1. The molecule has 0 saturated carbocycles. The number of anilines is 2. The van der Waals surface area contributed by atoms with Crippen LogP contribution in [0.4, 0.5) is 11.4 Å². The second-order valence-electron chi connectivity index (χ2n) is 3.80. The first-order valence-corrected chi connectivity index (χ1v) is 6.18. The summed E-state index contributed by atoms with van der Waals surface area (Å²) in [5.41, 5.74) is 7.61. The lowest BCUT2D eigenvalue weighted by Gasteiger charge is -2.14. The van der Waals surface area contributed by atoms with Crippen molar-refractivity contribution in [2.45, 2.75) is 13.0 Å². The minimum atomic E-state index is 0.227. The number of benzene rings is 1. The molecule has 0 radical (unpaired) electrons. The molecule has 1 atom stereocenters. The van der Waals surface area contributed by atoms with Gasteiger partial charge in [0.2, 0.25) is 0 Å². The molecule has 2 rings (SSSR count). The van der Waals surface area contributed by atoms with Crippen molar-refractivity contribution in [3.63, 3.8) is 0 Å². The van der Waals surface area contributed by atoms with Gasteiger partial charge in [-0.25, -0.2) is 0 Å². The third-order valence-corrected chi connectivity index (χ3v) is 3.58. The Kier molecular flexibility index (Phi) is 3.31. The van der Waals surface area contributed by atoms with E-state index in [-0.39, 0.29) is 6.04 Å². The molecule has 0 aliphatic carbocycles. The van der Waals surface area contributed by atoms with Gasteiger partial charge >= 0.3 is 0 Å². The molecule has 1 aromatic carbocycles. The van der Waals surface area contributed by atoms with Crippen molar-refractivity contribution in [2.24, 2.45) is 0 Å². The van der Waals surface area contributed by atoms with E-state index in [0.717, 1.165) is 5.69 Å². The minimum Gasteiger partial charge on any atom is -0.398 e. The number of rotatable bonds is 3. The second-order valence-corrected chi connectivity index (χ2v) is 4.77. The number of nitriles is 1. The zero-order valence-corrected chi connectivity index (χ0v) is 10.3. The number of hydrogen-bond donors (Lipinski definition) is 2. The molecule has 2 aromatic rings. The highest BCUT2D eigenvalue weighted by Gasteiger charge is 2.07. The summed E-state index contributed by atoms with van der Waals surface area (Å²) in [7, 11) is 0. The van der Waals surface area contributed by atoms with Crippen molar-refractivity contribution >= 4 is 22.7 Å². The van der Waals surface area contributed by atoms with Crippen LogP contribution in [-0.2, 0) is 0 Å². The first-order valence-electron chi connectivity index (χ1n) is 5.30. The summed E-state index contributed by atoms with van der Waals surface area (Å²) in [5.74, 6) is 0. The number of nitrogens with zero attached hydrogens (tertiary/aromatic N) is 1. The Hall–Kier alpha value is -1.99. The van der Waals surface area contributed by atoms with E-state index in [1.165, 1.54) is 4.88 Å². The van der Waals surface area contributed by atoms with Crippen molar-refractivity contribution in [2.75, 3.05) is 11.1 Å². The Bertz CT molecular complexity index is 540. The summed E-state index contributed by atoms with van der Waals surface area (Å²) in [6.07, 6.45) is 0. The average Bonchev–Trinajstić information content (AvgIpc) is 2.85. The van der Waals surface area contributed by atoms with E-state index in [1.807, 2.05) is 12.1 Å². The van der Waals surface area contributed by atoms with Crippen molar-refractivity contribution < 1.29 is 0 Å². The summed E-state index contributed by atoms with van der Waals surface area (Å²) in [6, 6.07) is 11.8. The highest BCUT2D eigenvalue weighted by Crippen LogP contribution is 2.24. The maximum absolute atomic E-state index is 8.91. The van der Waals surface area contributed by atoms with E-state index >= 15 is 0 Å². The van der Waals surface area contributed by atoms with E-state index < -0.39 is 0 Å². The summed E-state index contributed by atoms with van der Waals surface area (Å²) >= 11 is 1.71. The molecule has 0 aliphatic heterocycles. The van der Waals surface area contributed by atoms with Gasteiger partial charge in [-0.15, -0.1) is 11.3 Å². The molecule has 86 valence electrons. The standard InChI is InChI=1S/C13H13N3S/c1-9(13-3-2-6-17-13)16-11-4-5-12(15)10(7-11)8-14/h2-7,9,16H,15H2,1H3. The van der Waals surface area contributed by atoms with Crippen molar-refractivity contribution in [3.8, 4) is 6.07 Å². The number of nitrogens with one attached hydrogen (secondary N) is 1. The SMILES string of the molecule is CC(Nc1ccc(N)c(C#N)c1)c1cccs1. The van der Waals surface area contributed by atoms with Crippen LogP contribution < -0.4 is 11.1 Å². The Labute approximate surface area is 105 Å². The maximum atomic E-state index is 8.91. The Balaban J connectivity index is 2.17. The molecule has 1 unspecified atom stereocenters. The molecule has 3 N–H and O–H groups in total. The number of nitrogens with two attached hydrogens (primary N) is 1. The lowest BCUT2D eigenvalue weighted by atomic mass is 10.1. The third-order valence-electron chi connectivity index (χ3n) is 2.53. The van der Waals surface area contributed by atoms with Gasteiger partial charge < -0.3 is 11.1 Å². The van der Waals surface area contributed by atoms with Gasteiger partial charge in [-0.2, -0.15) is 5.26 Å². The Morgan fingerprint density at radius 1 is 1.41 bits per heavy atom. The van der Waals surface area contributed by atoms with Gasteiger partial charge in [-0.3, -0.25) is 0 Å². The third kappa shape index (κ3) is 2.58. The normalized spacial score (nSPS) is 11.8. The molecule has 1 heterocycles. The zero-order valence-electron chi connectivity index (χ0n) is 9.47. The summed E-state index contributed by atoms with van der Waals surface area (Å²) < 4.78 is 0. The van der Waals surface area contributed by atoms with E-state index in [0.29, 0.717) is 11.3 Å². The van der Waals surface area contributed by atoms with Crippen molar-refractivity contribution in [1.29, 1.82) is 5.26 Å². The first kappa shape index (κ1) is 11.5. The molecular formula is C13H13N3S. The lowest BCUT2D eigenvalue weighted by Crippen LogP contribution is -2.05. The van der Waals surface area contributed by atoms with Crippen LogP contribution in [0.5, 0.6) is 0 Å². The molecule has 4 heteroatoms. The molecule has 3 nitrogen and oxygen atoms in total. The molecule has 17 heavy (non-hydrogen) atoms. The fraction of sp³-hybridized carbons (Fsp3) is 0.154. The van der Waals surface area contributed by atoms with Gasteiger partial charge in [0.05, 0.1) is 11.6 Å². The number of thiophene rings is 1. The maximum Gasteiger partial charge on any atom is 0.101 e. The quantitative estimate of drug-likeness (QED) is 0.812. The molecule has 0 spiro atoms. The van der Waals surface area contributed by atoms with Crippen LogP contribution in [0.25, 0.3) is 0 Å². The Morgan fingerprint density at radius 3 is 2.88 bits per heavy atom. The molecule has 0 aliphatic rings.